The number of aryl methyl sites for hydroxylation is 1. The Morgan fingerprint density at radius 3 is 2.59 bits per heavy atom. The quantitative estimate of drug-likeness (QED) is 0.861. The van der Waals surface area contributed by atoms with Crippen molar-refractivity contribution < 1.29 is 14.3 Å². The third kappa shape index (κ3) is 3.11. The number of furan rings is 1. The van der Waals surface area contributed by atoms with Gasteiger partial charge in [-0.2, -0.15) is 0 Å². The topological polar surface area (TPSA) is 42.6 Å². The Hall–Kier alpha value is -1.74. The summed E-state index contributed by atoms with van der Waals surface area (Å²) >= 11 is 0. The zero-order chi connectivity index (χ0) is 12.1. The Balaban J connectivity index is 1.92. The van der Waals surface area contributed by atoms with Crippen molar-refractivity contribution in [1.29, 1.82) is 0 Å². The van der Waals surface area contributed by atoms with Crippen LogP contribution in [0.2, 0.25) is 0 Å². The van der Waals surface area contributed by atoms with Crippen molar-refractivity contribution in [2.24, 2.45) is 0 Å². The van der Waals surface area contributed by atoms with Crippen LogP contribution in [0.15, 0.2) is 47.1 Å². The lowest BCUT2D eigenvalue weighted by molar-refractivity contribution is 0.165. The second-order valence-electron chi connectivity index (χ2n) is 3.91. The van der Waals surface area contributed by atoms with Gasteiger partial charge in [-0.1, -0.05) is 12.1 Å². The van der Waals surface area contributed by atoms with Crippen molar-refractivity contribution in [2.45, 2.75) is 18.9 Å². The maximum Gasteiger partial charge on any atom is 0.118 e. The van der Waals surface area contributed by atoms with E-state index in [1.165, 1.54) is 0 Å². The van der Waals surface area contributed by atoms with Crippen LogP contribution >= 0.6 is 0 Å². The van der Waals surface area contributed by atoms with Gasteiger partial charge in [0, 0.05) is 6.42 Å². The highest BCUT2D eigenvalue weighted by molar-refractivity contribution is 5.28. The van der Waals surface area contributed by atoms with Crippen molar-refractivity contribution >= 4 is 0 Å². The predicted molar refractivity (Wildman–Crippen MR) is 65.0 cm³/mol. The summed E-state index contributed by atoms with van der Waals surface area (Å²) in [4.78, 5) is 0. The molecule has 1 aromatic heterocycles. The summed E-state index contributed by atoms with van der Waals surface area (Å²) < 4.78 is 10.3. The van der Waals surface area contributed by atoms with Crippen LogP contribution in [0.4, 0.5) is 0 Å². The maximum atomic E-state index is 10.0. The molecular formula is C14H16O3. The van der Waals surface area contributed by atoms with Gasteiger partial charge >= 0.3 is 0 Å². The minimum atomic E-state index is -0.467. The molecule has 1 N–H and O–H groups in total. The van der Waals surface area contributed by atoms with Crippen LogP contribution < -0.4 is 4.74 Å². The highest BCUT2D eigenvalue weighted by atomic mass is 16.5. The highest BCUT2D eigenvalue weighted by Crippen LogP contribution is 2.21. The summed E-state index contributed by atoms with van der Waals surface area (Å²) in [6.45, 7) is 0. The fourth-order valence-electron chi connectivity index (χ4n) is 1.73. The number of hydrogen-bond acceptors (Lipinski definition) is 3. The van der Waals surface area contributed by atoms with Crippen LogP contribution in [0.25, 0.3) is 0 Å². The molecule has 0 bridgehead atoms. The van der Waals surface area contributed by atoms with E-state index in [4.69, 9.17) is 9.15 Å². The SMILES string of the molecule is COc1ccc(C(O)CCc2ccco2)cc1. The normalized spacial score (nSPS) is 12.4. The molecule has 90 valence electrons. The number of hydrogen-bond donors (Lipinski definition) is 1. The van der Waals surface area contributed by atoms with Crippen molar-refractivity contribution in [2.75, 3.05) is 7.11 Å². The third-order valence-corrected chi connectivity index (χ3v) is 2.74. The first-order valence-electron chi connectivity index (χ1n) is 5.64. The average molecular weight is 232 g/mol. The van der Waals surface area contributed by atoms with E-state index in [9.17, 15) is 5.11 Å². The summed E-state index contributed by atoms with van der Waals surface area (Å²) in [7, 11) is 1.63. The standard InChI is InChI=1S/C14H16O3/c1-16-12-6-4-11(5-7-12)14(15)9-8-13-3-2-10-17-13/h2-7,10,14-15H,8-9H2,1H3. The number of aliphatic hydroxyl groups excluding tert-OH is 1. The van der Waals surface area contributed by atoms with E-state index >= 15 is 0 Å². The molecule has 17 heavy (non-hydrogen) atoms. The third-order valence-electron chi connectivity index (χ3n) is 2.74. The number of ether oxygens (including phenoxy) is 1. The first-order chi connectivity index (χ1) is 8.29. The Labute approximate surface area is 101 Å². The Morgan fingerprint density at radius 2 is 2.00 bits per heavy atom. The second kappa shape index (κ2) is 5.55. The molecule has 3 nitrogen and oxygen atoms in total. The molecule has 0 radical (unpaired) electrons. The van der Waals surface area contributed by atoms with Crippen molar-refractivity contribution in [3.8, 4) is 5.75 Å². The van der Waals surface area contributed by atoms with Gasteiger partial charge in [0.25, 0.3) is 0 Å². The van der Waals surface area contributed by atoms with Crippen LogP contribution in [0.1, 0.15) is 23.8 Å². The summed E-state index contributed by atoms with van der Waals surface area (Å²) in [5.41, 5.74) is 0.900. The minimum Gasteiger partial charge on any atom is -0.497 e. The molecule has 0 aliphatic heterocycles. The molecule has 1 unspecified atom stereocenters. The molecule has 1 heterocycles. The zero-order valence-electron chi connectivity index (χ0n) is 9.80. The monoisotopic (exact) mass is 232 g/mol. The molecule has 0 amide bonds. The largest absolute Gasteiger partial charge is 0.497 e. The van der Waals surface area contributed by atoms with Gasteiger partial charge in [-0.15, -0.1) is 0 Å². The highest BCUT2D eigenvalue weighted by Gasteiger charge is 2.08. The summed E-state index contributed by atoms with van der Waals surface area (Å²) in [5, 5.41) is 10.0. The van der Waals surface area contributed by atoms with Crippen LogP contribution in [0, 0.1) is 0 Å². The van der Waals surface area contributed by atoms with Gasteiger partial charge in [0.1, 0.15) is 11.5 Å². The van der Waals surface area contributed by atoms with Crippen LogP contribution in [0.3, 0.4) is 0 Å². The Morgan fingerprint density at radius 1 is 1.24 bits per heavy atom. The lowest BCUT2D eigenvalue weighted by Gasteiger charge is -2.10. The lowest BCUT2D eigenvalue weighted by atomic mass is 10.0. The van der Waals surface area contributed by atoms with E-state index in [-0.39, 0.29) is 0 Å². The maximum absolute atomic E-state index is 10.0. The summed E-state index contributed by atoms with van der Waals surface area (Å²) in [6, 6.07) is 11.2. The van der Waals surface area contributed by atoms with Gasteiger partial charge in [0.05, 0.1) is 19.5 Å². The van der Waals surface area contributed by atoms with Gasteiger partial charge in [0.2, 0.25) is 0 Å². The fourth-order valence-corrected chi connectivity index (χ4v) is 1.73. The predicted octanol–water partition coefficient (Wildman–Crippen LogP) is 2.95. The Bertz CT molecular complexity index is 431. The molecule has 3 heteroatoms. The number of methoxy groups -OCH3 is 1. The number of benzene rings is 1. The molecule has 0 aliphatic carbocycles. The number of aliphatic hydroxyl groups is 1. The van der Waals surface area contributed by atoms with Crippen molar-refractivity contribution in [3.05, 3.63) is 54.0 Å². The molecule has 2 aromatic rings. The van der Waals surface area contributed by atoms with E-state index in [2.05, 4.69) is 0 Å². The molecule has 0 saturated carbocycles. The summed E-state index contributed by atoms with van der Waals surface area (Å²) in [5.74, 6) is 1.70. The van der Waals surface area contributed by atoms with E-state index in [1.807, 2.05) is 36.4 Å². The molecule has 1 atom stereocenters. The van der Waals surface area contributed by atoms with Gasteiger partial charge in [-0.3, -0.25) is 0 Å². The van der Waals surface area contributed by atoms with E-state index in [0.29, 0.717) is 6.42 Å². The van der Waals surface area contributed by atoms with Crippen LogP contribution in [-0.2, 0) is 6.42 Å². The van der Waals surface area contributed by atoms with E-state index in [0.717, 1.165) is 23.5 Å². The van der Waals surface area contributed by atoms with Crippen LogP contribution in [0.5, 0.6) is 5.75 Å². The second-order valence-corrected chi connectivity index (χ2v) is 3.91. The fraction of sp³-hybridized carbons (Fsp3) is 0.286. The van der Waals surface area contributed by atoms with E-state index in [1.54, 1.807) is 13.4 Å². The van der Waals surface area contributed by atoms with Crippen molar-refractivity contribution in [3.63, 3.8) is 0 Å². The first-order valence-corrected chi connectivity index (χ1v) is 5.64. The molecule has 0 fully saturated rings. The van der Waals surface area contributed by atoms with Gasteiger partial charge in [-0.25, -0.2) is 0 Å². The first kappa shape index (κ1) is 11.7. The Kier molecular flexibility index (Phi) is 3.83. The zero-order valence-corrected chi connectivity index (χ0v) is 9.80. The van der Waals surface area contributed by atoms with Gasteiger partial charge in [0.15, 0.2) is 0 Å². The molecule has 2 rings (SSSR count). The average Bonchev–Trinajstić information content (AvgIpc) is 2.89. The minimum absolute atomic E-state index is 0.467. The summed E-state index contributed by atoms with van der Waals surface area (Å²) in [6.07, 6.45) is 2.57. The molecular weight excluding hydrogens is 216 g/mol. The molecule has 0 aliphatic rings. The molecule has 1 aromatic carbocycles. The molecule has 0 saturated heterocycles. The van der Waals surface area contributed by atoms with Crippen LogP contribution in [-0.4, -0.2) is 12.2 Å². The molecule has 0 spiro atoms. The lowest BCUT2D eigenvalue weighted by Crippen LogP contribution is -1.99. The van der Waals surface area contributed by atoms with Gasteiger partial charge in [-0.05, 0) is 36.2 Å². The van der Waals surface area contributed by atoms with E-state index < -0.39 is 6.10 Å². The van der Waals surface area contributed by atoms with Crippen molar-refractivity contribution in [1.82, 2.24) is 0 Å². The number of rotatable bonds is 5. The smallest absolute Gasteiger partial charge is 0.118 e. The van der Waals surface area contributed by atoms with Gasteiger partial charge < -0.3 is 14.3 Å².